The Kier molecular flexibility index (Phi) is 3.37. The SMILES string of the molecule is CC(C)(C)C(O)(c1cncnc1)c1cccc(F)c1. The number of rotatable bonds is 2. The molecule has 0 amide bonds. The number of hydrogen-bond acceptors (Lipinski definition) is 3. The molecule has 19 heavy (non-hydrogen) atoms. The lowest BCUT2D eigenvalue weighted by atomic mass is 9.69. The van der Waals surface area contributed by atoms with Crippen molar-refractivity contribution in [2.75, 3.05) is 0 Å². The second-order valence-electron chi connectivity index (χ2n) is 5.60. The summed E-state index contributed by atoms with van der Waals surface area (Å²) in [6, 6.07) is 6.00. The van der Waals surface area contributed by atoms with E-state index >= 15 is 0 Å². The zero-order valence-corrected chi connectivity index (χ0v) is 11.3. The van der Waals surface area contributed by atoms with E-state index in [4.69, 9.17) is 0 Å². The van der Waals surface area contributed by atoms with Gasteiger partial charge < -0.3 is 5.11 Å². The lowest BCUT2D eigenvalue weighted by Crippen LogP contribution is -2.41. The first-order chi connectivity index (χ1) is 8.85. The van der Waals surface area contributed by atoms with Crippen LogP contribution in [0.4, 0.5) is 4.39 Å². The molecule has 100 valence electrons. The minimum atomic E-state index is -1.35. The Morgan fingerprint density at radius 2 is 1.68 bits per heavy atom. The Hall–Kier alpha value is -1.81. The molecule has 0 saturated carbocycles. The number of hydrogen-bond donors (Lipinski definition) is 1. The third-order valence-corrected chi connectivity index (χ3v) is 3.31. The minimum absolute atomic E-state index is 0.378. The summed E-state index contributed by atoms with van der Waals surface area (Å²) in [4.78, 5) is 7.89. The summed E-state index contributed by atoms with van der Waals surface area (Å²) >= 11 is 0. The molecule has 0 spiro atoms. The van der Waals surface area contributed by atoms with E-state index in [0.29, 0.717) is 11.1 Å². The summed E-state index contributed by atoms with van der Waals surface area (Å²) in [6.45, 7) is 5.68. The number of benzene rings is 1. The lowest BCUT2D eigenvalue weighted by Gasteiger charge is -2.40. The second kappa shape index (κ2) is 4.70. The van der Waals surface area contributed by atoms with Gasteiger partial charge in [0, 0.05) is 18.0 Å². The average molecular weight is 260 g/mol. The Bertz CT molecular complexity index is 566. The maximum atomic E-state index is 13.5. The number of aromatic nitrogens is 2. The predicted molar refractivity (Wildman–Crippen MR) is 70.9 cm³/mol. The molecule has 1 aromatic heterocycles. The summed E-state index contributed by atoms with van der Waals surface area (Å²) in [5.74, 6) is -0.378. The van der Waals surface area contributed by atoms with E-state index in [1.165, 1.54) is 18.5 Å². The summed E-state index contributed by atoms with van der Waals surface area (Å²) in [5, 5.41) is 11.2. The summed E-state index contributed by atoms with van der Waals surface area (Å²) in [6.07, 6.45) is 4.52. The fourth-order valence-electron chi connectivity index (χ4n) is 2.23. The summed E-state index contributed by atoms with van der Waals surface area (Å²) in [5.41, 5.74) is -0.843. The van der Waals surface area contributed by atoms with E-state index < -0.39 is 11.0 Å². The molecule has 2 rings (SSSR count). The predicted octanol–water partition coefficient (Wildman–Crippen LogP) is 2.90. The number of halogens is 1. The Morgan fingerprint density at radius 1 is 1.05 bits per heavy atom. The van der Waals surface area contributed by atoms with Crippen molar-refractivity contribution in [1.82, 2.24) is 9.97 Å². The van der Waals surface area contributed by atoms with Crippen molar-refractivity contribution in [3.8, 4) is 0 Å². The fourth-order valence-corrected chi connectivity index (χ4v) is 2.23. The van der Waals surface area contributed by atoms with Crippen molar-refractivity contribution in [2.24, 2.45) is 5.41 Å². The zero-order chi connectivity index (χ0) is 14.1. The van der Waals surface area contributed by atoms with E-state index in [0.717, 1.165) is 0 Å². The molecule has 0 radical (unpaired) electrons. The molecule has 2 aromatic rings. The first kappa shape index (κ1) is 13.6. The highest BCUT2D eigenvalue weighted by atomic mass is 19.1. The first-order valence-corrected chi connectivity index (χ1v) is 6.09. The molecule has 1 heterocycles. The standard InChI is InChI=1S/C15H17FN2O/c1-14(2,3)15(19,12-8-17-10-18-9-12)11-5-4-6-13(16)7-11/h4-10,19H,1-3H3. The van der Waals surface area contributed by atoms with Gasteiger partial charge in [0.15, 0.2) is 0 Å². The van der Waals surface area contributed by atoms with Crippen LogP contribution in [0.2, 0.25) is 0 Å². The highest BCUT2D eigenvalue weighted by Gasteiger charge is 2.43. The molecule has 3 nitrogen and oxygen atoms in total. The van der Waals surface area contributed by atoms with Crippen LogP contribution in [0.1, 0.15) is 31.9 Å². The van der Waals surface area contributed by atoms with Crippen LogP contribution in [-0.2, 0) is 5.60 Å². The van der Waals surface area contributed by atoms with Gasteiger partial charge in [-0.25, -0.2) is 14.4 Å². The normalized spacial score (nSPS) is 15.0. The van der Waals surface area contributed by atoms with Crippen molar-refractivity contribution in [2.45, 2.75) is 26.4 Å². The molecule has 1 atom stereocenters. The minimum Gasteiger partial charge on any atom is -0.380 e. The molecule has 1 aromatic carbocycles. The monoisotopic (exact) mass is 260 g/mol. The highest BCUT2D eigenvalue weighted by molar-refractivity contribution is 5.36. The van der Waals surface area contributed by atoms with Crippen LogP contribution in [-0.4, -0.2) is 15.1 Å². The molecule has 0 saturated heterocycles. The Labute approximate surface area is 112 Å². The van der Waals surface area contributed by atoms with Crippen molar-refractivity contribution >= 4 is 0 Å². The lowest BCUT2D eigenvalue weighted by molar-refractivity contribution is -0.0267. The molecule has 0 bridgehead atoms. The van der Waals surface area contributed by atoms with E-state index in [1.54, 1.807) is 24.5 Å². The van der Waals surface area contributed by atoms with Crippen LogP contribution in [0.15, 0.2) is 43.0 Å². The third-order valence-electron chi connectivity index (χ3n) is 3.31. The van der Waals surface area contributed by atoms with Gasteiger partial charge in [-0.2, -0.15) is 0 Å². The smallest absolute Gasteiger partial charge is 0.123 e. The van der Waals surface area contributed by atoms with Crippen molar-refractivity contribution in [3.63, 3.8) is 0 Å². The van der Waals surface area contributed by atoms with Gasteiger partial charge >= 0.3 is 0 Å². The second-order valence-corrected chi connectivity index (χ2v) is 5.60. The number of aliphatic hydroxyl groups is 1. The van der Waals surface area contributed by atoms with Crippen molar-refractivity contribution in [1.29, 1.82) is 0 Å². The Balaban J connectivity index is 2.66. The van der Waals surface area contributed by atoms with Crippen molar-refractivity contribution in [3.05, 3.63) is 59.9 Å². The van der Waals surface area contributed by atoms with E-state index in [1.807, 2.05) is 20.8 Å². The average Bonchev–Trinajstić information content (AvgIpc) is 2.37. The molecule has 4 heteroatoms. The molecular formula is C15H17FN2O. The van der Waals surface area contributed by atoms with Crippen LogP contribution in [0, 0.1) is 11.2 Å². The van der Waals surface area contributed by atoms with E-state index in [9.17, 15) is 9.50 Å². The van der Waals surface area contributed by atoms with E-state index in [2.05, 4.69) is 9.97 Å². The van der Waals surface area contributed by atoms with Crippen LogP contribution in [0.5, 0.6) is 0 Å². The highest BCUT2D eigenvalue weighted by Crippen LogP contribution is 2.44. The van der Waals surface area contributed by atoms with Gasteiger partial charge in [0.05, 0.1) is 0 Å². The van der Waals surface area contributed by atoms with Gasteiger partial charge in [-0.3, -0.25) is 0 Å². The molecule has 1 unspecified atom stereocenters. The summed E-state index contributed by atoms with van der Waals surface area (Å²) < 4.78 is 13.5. The van der Waals surface area contributed by atoms with Crippen molar-refractivity contribution < 1.29 is 9.50 Å². The van der Waals surface area contributed by atoms with Gasteiger partial charge in [-0.05, 0) is 23.1 Å². The van der Waals surface area contributed by atoms with Crippen LogP contribution in [0.3, 0.4) is 0 Å². The first-order valence-electron chi connectivity index (χ1n) is 6.09. The Morgan fingerprint density at radius 3 is 2.21 bits per heavy atom. The topological polar surface area (TPSA) is 46.0 Å². The summed E-state index contributed by atoms with van der Waals surface area (Å²) in [7, 11) is 0. The van der Waals surface area contributed by atoms with E-state index in [-0.39, 0.29) is 5.82 Å². The fraction of sp³-hybridized carbons (Fsp3) is 0.333. The molecular weight excluding hydrogens is 243 g/mol. The van der Waals surface area contributed by atoms with Gasteiger partial charge in [-0.1, -0.05) is 32.9 Å². The van der Waals surface area contributed by atoms with Crippen LogP contribution < -0.4 is 0 Å². The van der Waals surface area contributed by atoms with Crippen LogP contribution >= 0.6 is 0 Å². The van der Waals surface area contributed by atoms with Crippen LogP contribution in [0.25, 0.3) is 0 Å². The third kappa shape index (κ3) is 2.36. The quantitative estimate of drug-likeness (QED) is 0.903. The number of nitrogens with zero attached hydrogens (tertiary/aromatic N) is 2. The maximum absolute atomic E-state index is 13.5. The maximum Gasteiger partial charge on any atom is 0.123 e. The van der Waals surface area contributed by atoms with Gasteiger partial charge in [0.25, 0.3) is 0 Å². The molecule has 0 aliphatic rings. The largest absolute Gasteiger partial charge is 0.380 e. The molecule has 0 aliphatic heterocycles. The zero-order valence-electron chi connectivity index (χ0n) is 11.3. The molecule has 1 N–H and O–H groups in total. The molecule has 0 fully saturated rings. The van der Waals surface area contributed by atoms with Gasteiger partial charge in [0.2, 0.25) is 0 Å². The van der Waals surface area contributed by atoms with Gasteiger partial charge in [0.1, 0.15) is 17.7 Å². The van der Waals surface area contributed by atoms with Gasteiger partial charge in [-0.15, -0.1) is 0 Å². The molecule has 0 aliphatic carbocycles.